The lowest BCUT2D eigenvalue weighted by atomic mass is 10.1. The lowest BCUT2D eigenvalue weighted by Crippen LogP contribution is -2.48. The van der Waals surface area contributed by atoms with Crippen molar-refractivity contribution >= 4 is 32.7 Å². The molecule has 0 fully saturated rings. The smallest absolute Gasteiger partial charge is 0.262 e. The van der Waals surface area contributed by atoms with Crippen LogP contribution in [0.25, 0.3) is 11.0 Å². The van der Waals surface area contributed by atoms with Gasteiger partial charge >= 0.3 is 0 Å². The fourth-order valence-electron chi connectivity index (χ4n) is 3.93. The molecule has 1 unspecified atom stereocenters. The van der Waals surface area contributed by atoms with Crippen molar-refractivity contribution in [1.29, 1.82) is 0 Å². The number of carbonyl (C=O) groups excluding carboxylic acids is 1. The number of imidazole rings is 1. The third kappa shape index (κ3) is 3.80. The van der Waals surface area contributed by atoms with Gasteiger partial charge in [-0.25, -0.2) is 17.7 Å². The van der Waals surface area contributed by atoms with Gasteiger partial charge in [0.25, 0.3) is 5.91 Å². The molecule has 9 nitrogen and oxygen atoms in total. The number of benzene rings is 2. The summed E-state index contributed by atoms with van der Waals surface area (Å²) < 4.78 is 34.2. The molecule has 1 aromatic heterocycles. The second kappa shape index (κ2) is 8.44. The number of aromatic nitrogens is 2. The Labute approximate surface area is 187 Å². The number of carbonyl (C=O) groups is 1. The van der Waals surface area contributed by atoms with E-state index in [4.69, 9.17) is 9.72 Å². The number of para-hydroxylation sites is 2. The van der Waals surface area contributed by atoms with E-state index in [9.17, 15) is 13.2 Å². The number of hydrogen-bond acceptors (Lipinski definition) is 6. The molecule has 2 heterocycles. The van der Waals surface area contributed by atoms with E-state index in [2.05, 4.69) is 14.8 Å². The van der Waals surface area contributed by atoms with Crippen molar-refractivity contribution < 1.29 is 17.9 Å². The van der Waals surface area contributed by atoms with E-state index in [0.717, 1.165) is 17.0 Å². The average molecular weight is 458 g/mol. The maximum atomic E-state index is 12.6. The van der Waals surface area contributed by atoms with Crippen LogP contribution in [-0.4, -0.2) is 62.0 Å². The van der Waals surface area contributed by atoms with Crippen molar-refractivity contribution in [1.82, 2.24) is 19.2 Å². The first-order valence-electron chi connectivity index (χ1n) is 10.4. The molecule has 2 aromatic carbocycles. The second-order valence-electron chi connectivity index (χ2n) is 7.78. The molecule has 0 aliphatic carbocycles. The summed E-state index contributed by atoms with van der Waals surface area (Å²) in [6.07, 6.45) is -0.633. The minimum Gasteiger partial charge on any atom is -0.477 e. The zero-order chi connectivity index (χ0) is 23.0. The van der Waals surface area contributed by atoms with Gasteiger partial charge in [-0.3, -0.25) is 4.79 Å². The normalized spacial score (nSPS) is 16.2. The van der Waals surface area contributed by atoms with Crippen molar-refractivity contribution in [3.8, 4) is 5.75 Å². The number of amides is 1. The van der Waals surface area contributed by atoms with E-state index in [1.54, 1.807) is 25.2 Å². The van der Waals surface area contributed by atoms with Crippen LogP contribution in [0.15, 0.2) is 47.4 Å². The molecule has 170 valence electrons. The van der Waals surface area contributed by atoms with Gasteiger partial charge in [-0.15, -0.1) is 0 Å². The van der Waals surface area contributed by atoms with Crippen LogP contribution in [0.2, 0.25) is 0 Å². The molecule has 0 saturated carbocycles. The quantitative estimate of drug-likeness (QED) is 0.607. The first-order chi connectivity index (χ1) is 15.3. The molecule has 1 aliphatic rings. The molecule has 10 heteroatoms. The van der Waals surface area contributed by atoms with E-state index in [-0.39, 0.29) is 10.8 Å². The zero-order valence-corrected chi connectivity index (χ0v) is 19.4. The van der Waals surface area contributed by atoms with E-state index < -0.39 is 16.1 Å². The maximum Gasteiger partial charge on any atom is 0.262 e. The van der Waals surface area contributed by atoms with Crippen LogP contribution in [0.3, 0.4) is 0 Å². The molecule has 0 spiro atoms. The number of rotatable bonds is 6. The van der Waals surface area contributed by atoms with Gasteiger partial charge in [0.15, 0.2) is 6.10 Å². The Kier molecular flexibility index (Phi) is 5.83. The van der Waals surface area contributed by atoms with Crippen molar-refractivity contribution in [2.75, 3.05) is 32.6 Å². The number of nitrogens with zero attached hydrogens (tertiary/aromatic N) is 4. The molecule has 1 aliphatic heterocycles. The molecular weight excluding hydrogens is 430 g/mol. The number of anilines is 1. The highest BCUT2D eigenvalue weighted by Gasteiger charge is 2.31. The summed E-state index contributed by atoms with van der Waals surface area (Å²) in [7, 11) is 1.05. The molecule has 0 radical (unpaired) electrons. The molecular formula is C22H27N5O4S. The van der Waals surface area contributed by atoms with E-state index >= 15 is 0 Å². The van der Waals surface area contributed by atoms with Crippen molar-refractivity contribution in [2.45, 2.75) is 31.0 Å². The van der Waals surface area contributed by atoms with Crippen LogP contribution in [0.4, 0.5) is 5.69 Å². The van der Waals surface area contributed by atoms with Crippen LogP contribution in [0.5, 0.6) is 5.75 Å². The molecule has 4 rings (SSSR count). The highest BCUT2D eigenvalue weighted by Crippen LogP contribution is 2.34. The minimum atomic E-state index is -3.55. The Bertz CT molecular complexity index is 1270. The van der Waals surface area contributed by atoms with Crippen molar-refractivity contribution in [2.24, 2.45) is 0 Å². The molecule has 0 saturated heterocycles. The Morgan fingerprint density at radius 2 is 2.00 bits per heavy atom. The fraction of sp³-hybridized carbons (Fsp3) is 0.364. The maximum absolute atomic E-state index is 12.6. The predicted molar refractivity (Wildman–Crippen MR) is 122 cm³/mol. The second-order valence-corrected chi connectivity index (χ2v) is 9.93. The standard InChI is InChI=1S/C22H27N5O4S/c1-5-27-17-11-10-15(32(29,30)25(3)4)12-16(17)24-21(27)14-26-13-20(22(28)23-2)31-19-9-7-6-8-18(19)26/h6-12,20H,5,13-14H2,1-4H3,(H,23,28). The minimum absolute atomic E-state index is 0.188. The zero-order valence-electron chi connectivity index (χ0n) is 18.6. The predicted octanol–water partition coefficient (Wildman–Crippen LogP) is 1.82. The molecule has 3 aromatic rings. The van der Waals surface area contributed by atoms with Gasteiger partial charge in [-0.1, -0.05) is 12.1 Å². The molecule has 1 amide bonds. The van der Waals surface area contributed by atoms with Crippen molar-refractivity contribution in [3.63, 3.8) is 0 Å². The Balaban J connectivity index is 1.74. The lowest BCUT2D eigenvalue weighted by molar-refractivity contribution is -0.127. The number of aryl methyl sites for hydroxylation is 1. The van der Waals surface area contributed by atoms with Crippen LogP contribution in [0.1, 0.15) is 12.7 Å². The van der Waals surface area contributed by atoms with Crippen LogP contribution in [0, 0.1) is 0 Å². The lowest BCUT2D eigenvalue weighted by Gasteiger charge is -2.35. The third-order valence-corrected chi connectivity index (χ3v) is 7.44. The van der Waals surface area contributed by atoms with Gasteiger partial charge in [0, 0.05) is 27.7 Å². The third-order valence-electron chi connectivity index (χ3n) is 5.63. The van der Waals surface area contributed by atoms with Gasteiger partial charge in [0.2, 0.25) is 10.0 Å². The summed E-state index contributed by atoms with van der Waals surface area (Å²) in [5.74, 6) is 1.24. The van der Waals surface area contributed by atoms with Crippen LogP contribution < -0.4 is 15.0 Å². The summed E-state index contributed by atoms with van der Waals surface area (Å²) in [5, 5.41) is 2.65. The summed E-state index contributed by atoms with van der Waals surface area (Å²) in [5.41, 5.74) is 2.37. The molecule has 32 heavy (non-hydrogen) atoms. The fourth-order valence-corrected chi connectivity index (χ4v) is 4.85. The first-order valence-corrected chi connectivity index (χ1v) is 11.8. The largest absolute Gasteiger partial charge is 0.477 e. The topological polar surface area (TPSA) is 96.8 Å². The van der Waals surface area contributed by atoms with Gasteiger partial charge in [-0.05, 0) is 37.3 Å². The number of ether oxygens (including phenoxy) is 1. The van der Waals surface area contributed by atoms with Crippen LogP contribution in [-0.2, 0) is 27.9 Å². The van der Waals surface area contributed by atoms with E-state index in [0.29, 0.717) is 30.9 Å². The summed E-state index contributed by atoms with van der Waals surface area (Å²) in [4.78, 5) is 19.3. The summed E-state index contributed by atoms with van der Waals surface area (Å²) in [6, 6.07) is 12.6. The number of fused-ring (bicyclic) bond motifs is 2. The molecule has 1 atom stereocenters. The van der Waals surface area contributed by atoms with Gasteiger partial charge in [0.1, 0.15) is 11.6 Å². The van der Waals surface area contributed by atoms with Crippen molar-refractivity contribution in [3.05, 3.63) is 48.3 Å². The monoisotopic (exact) mass is 457 g/mol. The Morgan fingerprint density at radius 1 is 1.25 bits per heavy atom. The SMILES string of the molecule is CCn1c(CN2CC(C(=O)NC)Oc3ccccc32)nc2cc(S(=O)(=O)N(C)C)ccc21. The summed E-state index contributed by atoms with van der Waals surface area (Å²) >= 11 is 0. The highest BCUT2D eigenvalue weighted by atomic mass is 32.2. The number of sulfonamides is 1. The van der Waals surface area contributed by atoms with Gasteiger partial charge in [-0.2, -0.15) is 0 Å². The Morgan fingerprint density at radius 3 is 2.69 bits per heavy atom. The molecule has 1 N–H and O–H groups in total. The summed E-state index contributed by atoms with van der Waals surface area (Å²) in [6.45, 7) is 3.53. The molecule has 0 bridgehead atoms. The van der Waals surface area contributed by atoms with E-state index in [1.165, 1.54) is 18.4 Å². The highest BCUT2D eigenvalue weighted by molar-refractivity contribution is 7.89. The average Bonchev–Trinajstić information content (AvgIpc) is 3.14. The number of nitrogens with one attached hydrogen (secondary N) is 1. The van der Waals surface area contributed by atoms with Gasteiger partial charge < -0.3 is 19.5 Å². The van der Waals surface area contributed by atoms with Gasteiger partial charge in [0.05, 0.1) is 34.7 Å². The first kappa shape index (κ1) is 22.1. The van der Waals surface area contributed by atoms with E-state index in [1.807, 2.05) is 31.2 Å². The number of likely N-dealkylation sites (N-methyl/N-ethyl adjacent to an activating group) is 1. The number of hydrogen-bond donors (Lipinski definition) is 1. The Hall–Kier alpha value is -3.11. The van der Waals surface area contributed by atoms with Crippen LogP contribution >= 0.6 is 0 Å².